The number of benzene rings is 1. The van der Waals surface area contributed by atoms with Crippen molar-refractivity contribution in [1.82, 2.24) is 39.4 Å². The molecule has 0 radical (unpaired) electrons. The average Bonchev–Trinajstić information content (AvgIpc) is 3.63. The molecule has 1 fully saturated rings. The van der Waals surface area contributed by atoms with Gasteiger partial charge in [-0.15, -0.1) is 5.10 Å². The largest absolute Gasteiger partial charge is 0.444 e. The molecule has 5 aromatic rings. The number of piperidine rings is 1. The Bertz CT molecular complexity index is 1840. The lowest BCUT2D eigenvalue weighted by Gasteiger charge is -2.39. The van der Waals surface area contributed by atoms with Crippen LogP contribution in [0, 0.1) is 5.82 Å². The van der Waals surface area contributed by atoms with E-state index >= 15 is 4.39 Å². The normalized spacial score (nSPS) is 15.4. The molecule has 0 N–H and O–H groups in total. The molecule has 5 heterocycles. The van der Waals surface area contributed by atoms with Crippen molar-refractivity contribution in [2.75, 3.05) is 18.0 Å². The molecule has 0 bridgehead atoms. The number of fused-ring (bicyclic) bond motifs is 1. The number of pyridine rings is 2. The molecule has 0 saturated carbocycles. The molecule has 6 rings (SSSR count). The summed E-state index contributed by atoms with van der Waals surface area (Å²) >= 11 is 0. The summed E-state index contributed by atoms with van der Waals surface area (Å²) in [5, 5.41) is 8.20. The van der Waals surface area contributed by atoms with Gasteiger partial charge in [-0.25, -0.2) is 24.1 Å². The van der Waals surface area contributed by atoms with E-state index in [4.69, 9.17) is 4.74 Å². The second-order valence-corrected chi connectivity index (χ2v) is 11.7. The monoisotopic (exact) mass is 597 g/mol. The number of carbonyl (C=O) groups excluding carboxylic acids is 2. The minimum absolute atomic E-state index is 0.154. The highest BCUT2D eigenvalue weighted by Gasteiger charge is 2.36. The number of halogens is 1. The molecule has 44 heavy (non-hydrogen) atoms. The van der Waals surface area contributed by atoms with Gasteiger partial charge in [0.05, 0.1) is 29.3 Å². The van der Waals surface area contributed by atoms with Gasteiger partial charge in [-0.05, 0) is 70.0 Å². The molecule has 1 atom stereocenters. The van der Waals surface area contributed by atoms with Gasteiger partial charge in [-0.3, -0.25) is 9.69 Å². The molecule has 0 aliphatic carbocycles. The van der Waals surface area contributed by atoms with Crippen molar-refractivity contribution in [3.8, 4) is 16.9 Å². The minimum Gasteiger partial charge on any atom is -0.444 e. The molecular weight excluding hydrogens is 565 g/mol. The fraction of sp³-hybridized carbons (Fsp3) is 0.323. The lowest BCUT2D eigenvalue weighted by molar-refractivity contribution is 0.0196. The zero-order chi connectivity index (χ0) is 31.0. The number of carbonyl (C=O) groups is 2. The van der Waals surface area contributed by atoms with Crippen LogP contribution in [0.5, 0.6) is 0 Å². The number of aromatic nitrogens is 7. The summed E-state index contributed by atoms with van der Waals surface area (Å²) in [7, 11) is 1.85. The molecule has 0 spiro atoms. The van der Waals surface area contributed by atoms with E-state index in [1.54, 1.807) is 73.2 Å². The van der Waals surface area contributed by atoms with Gasteiger partial charge < -0.3 is 14.2 Å². The molecule has 1 aliphatic heterocycles. The van der Waals surface area contributed by atoms with Crippen LogP contribution in [0.3, 0.4) is 0 Å². The van der Waals surface area contributed by atoms with Crippen molar-refractivity contribution in [3.63, 3.8) is 0 Å². The third-order valence-electron chi connectivity index (χ3n) is 7.26. The Balaban J connectivity index is 1.40. The zero-order valence-electron chi connectivity index (χ0n) is 24.9. The molecular formula is C31H32FN9O3. The molecule has 2 amide bonds. The van der Waals surface area contributed by atoms with Crippen LogP contribution in [0.1, 0.15) is 44.0 Å². The molecule has 1 aliphatic rings. The maximum Gasteiger partial charge on any atom is 0.410 e. The SMILES string of the molecule is Cn1cnc(-c2cccnc2N(C(=O)c2ccc(-n3nnc4cccnc43)cc2F)[C@@H]2CCCN(C(=O)OC(C)(C)C)C2)c1. The van der Waals surface area contributed by atoms with E-state index in [-0.39, 0.29) is 12.1 Å². The van der Waals surface area contributed by atoms with Crippen molar-refractivity contribution in [3.05, 3.63) is 78.8 Å². The minimum atomic E-state index is -0.743. The predicted octanol–water partition coefficient (Wildman–Crippen LogP) is 4.80. The van der Waals surface area contributed by atoms with Gasteiger partial charge in [0, 0.05) is 50.4 Å². The summed E-state index contributed by atoms with van der Waals surface area (Å²) in [5.74, 6) is -1.02. The number of likely N-dealkylation sites (tertiary alicyclic amines) is 1. The summed E-state index contributed by atoms with van der Waals surface area (Å²) < 4.78 is 24.7. The van der Waals surface area contributed by atoms with Crippen LogP contribution in [0.15, 0.2) is 67.4 Å². The van der Waals surface area contributed by atoms with E-state index in [0.717, 1.165) is 0 Å². The number of amides is 2. The van der Waals surface area contributed by atoms with E-state index in [2.05, 4.69) is 25.3 Å². The van der Waals surface area contributed by atoms with Crippen LogP contribution < -0.4 is 4.90 Å². The standard InChI is InChI=1S/C31H32FN9O3/c1-31(2,3)44-30(43)39-15-7-8-21(17-39)40(27-23(9-5-13-33-27)26-18-38(4)19-35-26)29(42)22-12-11-20(16-24(22)32)41-28-25(36-37-41)10-6-14-34-28/h5-6,9-14,16,18-19,21H,7-8,15,17H2,1-4H3/t21-/m1/s1. The van der Waals surface area contributed by atoms with Crippen LogP contribution in [0.25, 0.3) is 28.1 Å². The summed E-state index contributed by atoms with van der Waals surface area (Å²) in [4.78, 5) is 43.9. The van der Waals surface area contributed by atoms with E-state index in [0.29, 0.717) is 53.3 Å². The van der Waals surface area contributed by atoms with Crippen LogP contribution in [0.2, 0.25) is 0 Å². The Morgan fingerprint density at radius 2 is 1.86 bits per heavy atom. The van der Waals surface area contributed by atoms with Gasteiger partial charge in [-0.1, -0.05) is 5.21 Å². The van der Waals surface area contributed by atoms with Crippen molar-refractivity contribution >= 4 is 29.0 Å². The zero-order valence-corrected chi connectivity index (χ0v) is 24.9. The van der Waals surface area contributed by atoms with Gasteiger partial charge in [0.2, 0.25) is 0 Å². The van der Waals surface area contributed by atoms with E-state index < -0.39 is 29.5 Å². The lowest BCUT2D eigenvalue weighted by atomic mass is 10.0. The highest BCUT2D eigenvalue weighted by atomic mass is 19.1. The second kappa shape index (κ2) is 11.5. The Kier molecular flexibility index (Phi) is 7.53. The summed E-state index contributed by atoms with van der Waals surface area (Å²) in [6.07, 6.45) is 7.38. The summed E-state index contributed by atoms with van der Waals surface area (Å²) in [6.45, 7) is 6.08. The van der Waals surface area contributed by atoms with E-state index in [1.165, 1.54) is 21.7 Å². The Morgan fingerprint density at radius 3 is 2.61 bits per heavy atom. The molecule has 4 aromatic heterocycles. The highest BCUT2D eigenvalue weighted by Crippen LogP contribution is 2.33. The maximum atomic E-state index is 15.9. The summed E-state index contributed by atoms with van der Waals surface area (Å²) in [5.41, 5.74) is 1.77. The fourth-order valence-electron chi connectivity index (χ4n) is 5.31. The van der Waals surface area contributed by atoms with E-state index in [1.807, 2.05) is 19.3 Å². The smallest absolute Gasteiger partial charge is 0.410 e. The number of imidazole rings is 1. The third-order valence-corrected chi connectivity index (χ3v) is 7.26. The molecule has 1 saturated heterocycles. The van der Waals surface area contributed by atoms with Gasteiger partial charge in [-0.2, -0.15) is 4.68 Å². The van der Waals surface area contributed by atoms with Crippen molar-refractivity contribution in [1.29, 1.82) is 0 Å². The number of aryl methyl sites for hydroxylation is 1. The number of ether oxygens (including phenoxy) is 1. The van der Waals surface area contributed by atoms with E-state index in [9.17, 15) is 9.59 Å². The van der Waals surface area contributed by atoms with Gasteiger partial charge in [0.15, 0.2) is 5.65 Å². The molecule has 226 valence electrons. The highest BCUT2D eigenvalue weighted by molar-refractivity contribution is 6.08. The number of hydrogen-bond acceptors (Lipinski definition) is 8. The maximum absolute atomic E-state index is 15.9. The predicted molar refractivity (Wildman–Crippen MR) is 161 cm³/mol. The Morgan fingerprint density at radius 1 is 1.07 bits per heavy atom. The second-order valence-electron chi connectivity index (χ2n) is 11.7. The lowest BCUT2D eigenvalue weighted by Crippen LogP contribution is -2.53. The molecule has 1 aromatic carbocycles. The first-order valence-electron chi connectivity index (χ1n) is 14.3. The number of rotatable bonds is 5. The average molecular weight is 598 g/mol. The molecule has 0 unspecified atom stereocenters. The first-order valence-corrected chi connectivity index (χ1v) is 14.3. The van der Waals surface area contributed by atoms with Crippen molar-refractivity contribution in [2.45, 2.75) is 45.3 Å². The van der Waals surface area contributed by atoms with Crippen LogP contribution in [-0.4, -0.2) is 76.1 Å². The van der Waals surface area contributed by atoms with Gasteiger partial charge in [0.25, 0.3) is 5.91 Å². The Hall–Kier alpha value is -5.20. The number of anilines is 1. The van der Waals surface area contributed by atoms with Gasteiger partial charge in [0.1, 0.15) is 22.8 Å². The Labute approximate surface area is 253 Å². The van der Waals surface area contributed by atoms with Crippen LogP contribution >= 0.6 is 0 Å². The number of nitrogens with zero attached hydrogens (tertiary/aromatic N) is 9. The first-order chi connectivity index (χ1) is 21.1. The third kappa shape index (κ3) is 5.72. The quantitative estimate of drug-likeness (QED) is 0.283. The topological polar surface area (TPSA) is 124 Å². The first kappa shape index (κ1) is 28.9. The molecule has 12 nitrogen and oxygen atoms in total. The van der Waals surface area contributed by atoms with Crippen molar-refractivity contribution in [2.24, 2.45) is 7.05 Å². The summed E-state index contributed by atoms with van der Waals surface area (Å²) in [6, 6.07) is 10.8. The number of hydrogen-bond donors (Lipinski definition) is 0. The van der Waals surface area contributed by atoms with Crippen molar-refractivity contribution < 1.29 is 18.7 Å². The van der Waals surface area contributed by atoms with Gasteiger partial charge >= 0.3 is 6.09 Å². The fourth-order valence-corrected chi connectivity index (χ4v) is 5.31. The van der Waals surface area contributed by atoms with Crippen LogP contribution in [-0.2, 0) is 11.8 Å². The molecule has 13 heteroatoms. The van der Waals surface area contributed by atoms with Crippen LogP contribution in [0.4, 0.5) is 15.0 Å².